The van der Waals surface area contributed by atoms with Gasteiger partial charge in [-0.3, -0.25) is 0 Å². The number of phenols is 2. The van der Waals surface area contributed by atoms with Crippen LogP contribution in [0.3, 0.4) is 0 Å². The number of nitrogens with zero attached hydrogens (tertiary/aromatic N) is 1. The number of aromatic hydroxyl groups is 2. The molecule has 0 fully saturated rings. The molecule has 3 rings (SSSR count). The van der Waals surface area contributed by atoms with Crippen molar-refractivity contribution in [2.45, 2.75) is 18.9 Å². The van der Waals surface area contributed by atoms with Gasteiger partial charge in [0.05, 0.1) is 40.4 Å². The van der Waals surface area contributed by atoms with Crippen molar-refractivity contribution in [2.75, 3.05) is 34.9 Å². The minimum Gasteiger partial charge on any atom is -0.504 e. The van der Waals surface area contributed by atoms with Crippen LogP contribution in [-0.2, 0) is 12.8 Å². The number of halogens is 1. The first-order chi connectivity index (χ1) is 13.9. The van der Waals surface area contributed by atoms with Crippen LogP contribution in [0.2, 0.25) is 0 Å². The Hall–Kier alpha value is -2.27. The van der Waals surface area contributed by atoms with Gasteiger partial charge in [-0.15, -0.1) is 10.2 Å². The number of ether oxygens (including phenoxy) is 2. The molecule has 10 heteroatoms. The largest absolute Gasteiger partial charge is 0.504 e. The lowest BCUT2D eigenvalue weighted by Crippen LogP contribution is -2.68. The minimum absolute atomic E-state index is 0.0756. The van der Waals surface area contributed by atoms with Crippen LogP contribution in [0.25, 0.3) is 0 Å². The van der Waals surface area contributed by atoms with Gasteiger partial charge in [-0.1, -0.05) is 12.1 Å². The van der Waals surface area contributed by atoms with Crippen molar-refractivity contribution in [1.82, 2.24) is 0 Å². The molecule has 1 aliphatic heterocycles. The van der Waals surface area contributed by atoms with E-state index in [1.54, 1.807) is 19.2 Å². The summed E-state index contributed by atoms with van der Waals surface area (Å²) in [7, 11) is 2.52. The van der Waals surface area contributed by atoms with Crippen LogP contribution in [0, 0.1) is 10.2 Å². The second-order valence-corrected chi connectivity index (χ2v) is 8.30. The molecule has 1 aliphatic rings. The minimum atomic E-state index is -4.94. The summed E-state index contributed by atoms with van der Waals surface area (Å²) in [5, 5.41) is 20.8. The van der Waals surface area contributed by atoms with Gasteiger partial charge in [-0.25, -0.2) is 18.6 Å². The molecule has 0 saturated carbocycles. The number of phenolic OH excluding ortho intramolecular Hbond substituents is 2. The summed E-state index contributed by atoms with van der Waals surface area (Å²) < 4.78 is 45.2. The Labute approximate surface area is 177 Å². The molecule has 9 nitrogen and oxygen atoms in total. The first-order valence-corrected chi connectivity index (χ1v) is 10.3. The maximum absolute atomic E-state index is 10.7. The maximum atomic E-state index is 10.7. The van der Waals surface area contributed by atoms with Crippen molar-refractivity contribution < 1.29 is 53.0 Å². The molecule has 1 unspecified atom stereocenters. The number of likely N-dealkylation sites (N-methyl/N-ethyl adjacent to an activating group) is 1. The third kappa shape index (κ3) is 5.88. The van der Waals surface area contributed by atoms with Crippen LogP contribution >= 0.6 is 0 Å². The zero-order chi connectivity index (χ0) is 22.7. The standard InChI is InChI=1S/C20H25NO4.ClHO4/c1-21(2)10-9-14-6-8-18(25-4)20(23)19(14)15(21)11-13-5-7-17(24-3)16(22)12-13;2-1(3,4)5/h5-8,12,15H,9-11H2,1-4H3,(H-,22,23);(H,2,3,4,5). The van der Waals surface area contributed by atoms with Gasteiger partial charge in [-0.05, 0) is 29.3 Å². The molecular weight excluding hydrogens is 418 g/mol. The molecule has 166 valence electrons. The highest BCUT2D eigenvalue weighted by atomic mass is 35.7. The van der Waals surface area contributed by atoms with Crippen LogP contribution in [-0.4, -0.2) is 49.6 Å². The highest BCUT2D eigenvalue weighted by Crippen LogP contribution is 2.45. The number of methoxy groups -OCH3 is 2. The number of hydrogen-bond donors (Lipinski definition) is 2. The summed E-state index contributed by atoms with van der Waals surface area (Å²) in [6.07, 6.45) is 1.63. The molecule has 2 aromatic rings. The molecule has 0 aliphatic carbocycles. The van der Waals surface area contributed by atoms with Crippen molar-refractivity contribution in [3.05, 3.63) is 47.0 Å². The average molecular weight is 444 g/mol. The van der Waals surface area contributed by atoms with Gasteiger partial charge < -0.3 is 24.2 Å². The summed E-state index contributed by atoms with van der Waals surface area (Å²) >= 11 is 0. The highest BCUT2D eigenvalue weighted by molar-refractivity contribution is 5.52. The third-order valence-corrected chi connectivity index (χ3v) is 5.30. The molecule has 2 N–H and O–H groups in total. The molecule has 0 radical (unpaired) electrons. The van der Waals surface area contributed by atoms with Crippen LogP contribution in [0.5, 0.6) is 23.0 Å². The summed E-state index contributed by atoms with van der Waals surface area (Å²) in [4.78, 5) is 0. The van der Waals surface area contributed by atoms with Crippen molar-refractivity contribution in [3.63, 3.8) is 0 Å². The first kappa shape index (κ1) is 24.0. The Morgan fingerprint density at radius 2 is 1.57 bits per heavy atom. The average Bonchev–Trinajstić information content (AvgIpc) is 2.63. The van der Waals surface area contributed by atoms with Crippen molar-refractivity contribution >= 4 is 0 Å². The predicted octanol–water partition coefficient (Wildman–Crippen LogP) is -1.72. The Kier molecular flexibility index (Phi) is 7.40. The number of fused-ring (bicyclic) bond motifs is 1. The Morgan fingerprint density at radius 3 is 2.10 bits per heavy atom. The fourth-order valence-electron chi connectivity index (χ4n) is 3.73. The maximum Gasteiger partial charge on any atom is 0.167 e. The monoisotopic (exact) mass is 443 g/mol. The van der Waals surface area contributed by atoms with Crippen molar-refractivity contribution in [2.24, 2.45) is 0 Å². The topological polar surface area (TPSA) is 151 Å². The molecule has 0 spiro atoms. The van der Waals surface area contributed by atoms with Crippen molar-refractivity contribution in [3.8, 4) is 23.0 Å². The summed E-state index contributed by atoms with van der Waals surface area (Å²) in [5.74, 6) is 1.33. The zero-order valence-electron chi connectivity index (χ0n) is 17.3. The quantitative estimate of drug-likeness (QED) is 0.529. The van der Waals surface area contributed by atoms with Crippen LogP contribution in [0.1, 0.15) is 22.7 Å². The SMILES string of the molecule is COc1ccc(CC2c3c(ccc(OC)c3O)CC[N+]2(C)C)cc1O.[O-][Cl+3]([O-])([O-])[O-]. The number of quaternary nitrogens is 1. The van der Waals surface area contributed by atoms with E-state index in [1.807, 2.05) is 18.2 Å². The third-order valence-electron chi connectivity index (χ3n) is 5.30. The second kappa shape index (κ2) is 9.25. The normalized spacial score (nSPS) is 17.4. The summed E-state index contributed by atoms with van der Waals surface area (Å²) in [6, 6.07) is 9.43. The number of benzene rings is 2. The lowest BCUT2D eigenvalue weighted by molar-refractivity contribution is -2.00. The second-order valence-electron chi connectivity index (χ2n) is 7.55. The highest BCUT2D eigenvalue weighted by Gasteiger charge is 2.38. The summed E-state index contributed by atoms with van der Waals surface area (Å²) in [6.45, 7) is 0.992. The Balaban J connectivity index is 0.000000575. The van der Waals surface area contributed by atoms with E-state index < -0.39 is 10.2 Å². The Morgan fingerprint density at radius 1 is 1.00 bits per heavy atom. The first-order valence-electron chi connectivity index (χ1n) is 9.06. The fraction of sp³-hybridized carbons (Fsp3) is 0.400. The van der Waals surface area contributed by atoms with E-state index in [-0.39, 0.29) is 17.5 Å². The van der Waals surface area contributed by atoms with Gasteiger partial charge >= 0.3 is 0 Å². The van der Waals surface area contributed by atoms with Crippen LogP contribution in [0.15, 0.2) is 30.3 Å². The van der Waals surface area contributed by atoms with Gasteiger partial charge in [0.15, 0.2) is 23.0 Å². The van der Waals surface area contributed by atoms with Crippen LogP contribution in [0.4, 0.5) is 0 Å². The van der Waals surface area contributed by atoms with E-state index in [0.29, 0.717) is 17.9 Å². The fourth-order valence-corrected chi connectivity index (χ4v) is 3.73. The molecule has 1 atom stereocenters. The molecule has 0 bridgehead atoms. The van der Waals surface area contributed by atoms with E-state index in [9.17, 15) is 10.2 Å². The molecule has 0 saturated heterocycles. The predicted molar refractivity (Wildman–Crippen MR) is 96.4 cm³/mol. The Bertz CT molecular complexity index is 876. The molecule has 1 heterocycles. The molecule has 0 amide bonds. The molecule has 2 aromatic carbocycles. The lowest BCUT2D eigenvalue weighted by atomic mass is 9.86. The van der Waals surface area contributed by atoms with E-state index in [0.717, 1.165) is 28.6 Å². The molecule has 0 aromatic heterocycles. The summed E-state index contributed by atoms with van der Waals surface area (Å²) in [5.41, 5.74) is 3.12. The van der Waals surface area contributed by atoms with E-state index in [1.165, 1.54) is 12.7 Å². The smallest absolute Gasteiger partial charge is 0.167 e. The van der Waals surface area contributed by atoms with Gasteiger partial charge in [-0.2, -0.15) is 0 Å². The van der Waals surface area contributed by atoms with Gasteiger partial charge in [0.25, 0.3) is 0 Å². The number of hydrogen-bond acceptors (Lipinski definition) is 8. The zero-order valence-corrected chi connectivity index (χ0v) is 18.0. The van der Waals surface area contributed by atoms with E-state index in [2.05, 4.69) is 14.1 Å². The molecular formula is C20H26ClNO8. The van der Waals surface area contributed by atoms with Crippen LogP contribution < -0.4 is 28.1 Å². The van der Waals surface area contributed by atoms with Gasteiger partial charge in [0, 0.05) is 12.8 Å². The van der Waals surface area contributed by atoms with Crippen molar-refractivity contribution in [1.29, 1.82) is 0 Å². The van der Waals surface area contributed by atoms with Gasteiger partial charge in [0.2, 0.25) is 0 Å². The number of rotatable bonds is 4. The van der Waals surface area contributed by atoms with E-state index in [4.69, 9.17) is 28.1 Å². The van der Waals surface area contributed by atoms with Gasteiger partial charge in [0.1, 0.15) is 6.04 Å². The molecule has 30 heavy (non-hydrogen) atoms. The lowest BCUT2D eigenvalue weighted by Gasteiger charge is -2.43. The van der Waals surface area contributed by atoms with E-state index >= 15 is 0 Å².